The Labute approximate surface area is 119 Å². The van der Waals surface area contributed by atoms with E-state index in [1.54, 1.807) is 11.3 Å². The molecule has 0 amide bonds. The Morgan fingerprint density at radius 1 is 1.44 bits per heavy atom. The second-order valence-electron chi connectivity index (χ2n) is 5.39. The third-order valence-electron chi connectivity index (χ3n) is 4.23. The van der Waals surface area contributed by atoms with Crippen LogP contribution in [0.25, 0.3) is 0 Å². The summed E-state index contributed by atoms with van der Waals surface area (Å²) in [4.78, 5) is 3.77. The molecule has 0 radical (unpaired) electrons. The maximum atomic E-state index is 6.04. The van der Waals surface area contributed by atoms with Crippen molar-refractivity contribution in [2.75, 3.05) is 13.6 Å². The van der Waals surface area contributed by atoms with Gasteiger partial charge >= 0.3 is 0 Å². The van der Waals surface area contributed by atoms with Gasteiger partial charge in [-0.05, 0) is 37.9 Å². The average Bonchev–Trinajstić information content (AvgIpc) is 2.77. The van der Waals surface area contributed by atoms with E-state index in [1.165, 1.54) is 30.6 Å². The molecule has 18 heavy (non-hydrogen) atoms. The maximum absolute atomic E-state index is 6.04. The van der Waals surface area contributed by atoms with Crippen molar-refractivity contribution in [1.82, 2.24) is 4.90 Å². The SMILES string of the molecule is CC1CCCCC1N(C)C(CN)c1ccc(Cl)s1. The minimum atomic E-state index is 0.313. The Balaban J connectivity index is 2.11. The summed E-state index contributed by atoms with van der Waals surface area (Å²) >= 11 is 7.70. The zero-order valence-corrected chi connectivity index (χ0v) is 12.8. The zero-order valence-electron chi connectivity index (χ0n) is 11.2. The summed E-state index contributed by atoms with van der Waals surface area (Å²) in [6.45, 7) is 3.03. The van der Waals surface area contributed by atoms with Crippen molar-refractivity contribution in [1.29, 1.82) is 0 Å². The minimum Gasteiger partial charge on any atom is -0.329 e. The van der Waals surface area contributed by atoms with Gasteiger partial charge in [-0.1, -0.05) is 31.4 Å². The lowest BCUT2D eigenvalue weighted by Gasteiger charge is -2.40. The maximum Gasteiger partial charge on any atom is 0.0931 e. The first-order chi connectivity index (χ1) is 8.63. The molecule has 1 aromatic heterocycles. The van der Waals surface area contributed by atoms with Crippen LogP contribution in [-0.2, 0) is 0 Å². The Morgan fingerprint density at radius 3 is 2.72 bits per heavy atom. The van der Waals surface area contributed by atoms with Crippen LogP contribution in [0.3, 0.4) is 0 Å². The summed E-state index contributed by atoms with van der Waals surface area (Å²) < 4.78 is 0.855. The second kappa shape index (κ2) is 6.38. The van der Waals surface area contributed by atoms with Gasteiger partial charge < -0.3 is 5.73 Å². The standard InChI is InChI=1S/C14H23ClN2S/c1-10-5-3-4-6-11(10)17(2)12(9-16)13-7-8-14(15)18-13/h7-8,10-12H,3-6,9,16H2,1-2H3. The summed E-state index contributed by atoms with van der Waals surface area (Å²) in [5, 5.41) is 0. The molecule has 4 heteroatoms. The van der Waals surface area contributed by atoms with E-state index < -0.39 is 0 Å². The van der Waals surface area contributed by atoms with Gasteiger partial charge in [0.1, 0.15) is 0 Å². The zero-order chi connectivity index (χ0) is 13.1. The fourth-order valence-corrected chi connectivity index (χ4v) is 4.35. The quantitative estimate of drug-likeness (QED) is 0.909. The van der Waals surface area contributed by atoms with E-state index in [1.807, 2.05) is 6.07 Å². The van der Waals surface area contributed by atoms with E-state index >= 15 is 0 Å². The van der Waals surface area contributed by atoms with Crippen LogP contribution in [0.1, 0.15) is 43.5 Å². The second-order valence-corrected chi connectivity index (χ2v) is 7.13. The van der Waals surface area contributed by atoms with Crippen molar-refractivity contribution >= 4 is 22.9 Å². The van der Waals surface area contributed by atoms with Gasteiger partial charge in [0, 0.05) is 17.5 Å². The average molecular weight is 287 g/mol. The predicted molar refractivity (Wildman–Crippen MR) is 80.3 cm³/mol. The van der Waals surface area contributed by atoms with Crippen molar-refractivity contribution in [2.24, 2.45) is 11.7 Å². The first-order valence-corrected chi connectivity index (χ1v) is 8.00. The lowest BCUT2D eigenvalue weighted by Crippen LogP contribution is -2.43. The summed E-state index contributed by atoms with van der Waals surface area (Å²) in [7, 11) is 2.22. The van der Waals surface area contributed by atoms with Crippen LogP contribution in [0.5, 0.6) is 0 Å². The molecule has 0 spiro atoms. The third kappa shape index (κ3) is 3.08. The van der Waals surface area contributed by atoms with E-state index in [-0.39, 0.29) is 0 Å². The van der Waals surface area contributed by atoms with Gasteiger partial charge in [-0.2, -0.15) is 0 Å². The van der Waals surface area contributed by atoms with Crippen LogP contribution in [0, 0.1) is 5.92 Å². The molecule has 2 nitrogen and oxygen atoms in total. The van der Waals surface area contributed by atoms with E-state index in [2.05, 4.69) is 24.9 Å². The molecule has 2 N–H and O–H groups in total. The summed E-state index contributed by atoms with van der Waals surface area (Å²) in [6.07, 6.45) is 5.37. The van der Waals surface area contributed by atoms with Crippen LogP contribution < -0.4 is 5.73 Å². The molecule has 1 fully saturated rings. The van der Waals surface area contributed by atoms with Crippen molar-refractivity contribution < 1.29 is 0 Å². The highest BCUT2D eigenvalue weighted by molar-refractivity contribution is 7.16. The highest BCUT2D eigenvalue weighted by atomic mass is 35.5. The van der Waals surface area contributed by atoms with Gasteiger partial charge in [-0.3, -0.25) is 4.90 Å². The number of nitrogens with zero attached hydrogens (tertiary/aromatic N) is 1. The summed E-state index contributed by atoms with van der Waals surface area (Å²) in [5.74, 6) is 0.772. The van der Waals surface area contributed by atoms with Crippen LogP contribution >= 0.6 is 22.9 Å². The highest BCUT2D eigenvalue weighted by Crippen LogP contribution is 2.35. The first-order valence-electron chi connectivity index (χ1n) is 6.80. The molecule has 3 atom stereocenters. The molecule has 3 unspecified atom stereocenters. The molecule has 0 aromatic carbocycles. The number of thiophene rings is 1. The van der Waals surface area contributed by atoms with E-state index in [4.69, 9.17) is 17.3 Å². The minimum absolute atomic E-state index is 0.313. The molecule has 1 aromatic rings. The smallest absolute Gasteiger partial charge is 0.0931 e. The van der Waals surface area contributed by atoms with Crippen molar-refractivity contribution in [3.8, 4) is 0 Å². The molecular weight excluding hydrogens is 264 g/mol. The third-order valence-corrected chi connectivity index (χ3v) is 5.56. The molecule has 1 aliphatic carbocycles. The van der Waals surface area contributed by atoms with Gasteiger partial charge in [-0.15, -0.1) is 11.3 Å². The van der Waals surface area contributed by atoms with Crippen LogP contribution in [0.15, 0.2) is 12.1 Å². The molecule has 1 saturated carbocycles. The molecule has 102 valence electrons. The molecule has 0 aliphatic heterocycles. The largest absolute Gasteiger partial charge is 0.329 e. The van der Waals surface area contributed by atoms with Gasteiger partial charge in [0.25, 0.3) is 0 Å². The Kier molecular flexibility index (Phi) is 5.07. The van der Waals surface area contributed by atoms with Crippen molar-refractivity contribution in [3.05, 3.63) is 21.3 Å². The first kappa shape index (κ1) is 14.3. The number of halogens is 1. The molecule has 0 saturated heterocycles. The van der Waals surface area contributed by atoms with Gasteiger partial charge in [0.2, 0.25) is 0 Å². The molecule has 2 rings (SSSR count). The molecule has 0 bridgehead atoms. The van der Waals surface area contributed by atoms with Gasteiger partial charge in [-0.25, -0.2) is 0 Å². The topological polar surface area (TPSA) is 29.3 Å². The van der Waals surface area contributed by atoms with Gasteiger partial charge in [0.15, 0.2) is 0 Å². The summed E-state index contributed by atoms with van der Waals surface area (Å²) in [5.41, 5.74) is 5.99. The van der Waals surface area contributed by atoms with E-state index in [9.17, 15) is 0 Å². The van der Waals surface area contributed by atoms with Crippen LogP contribution in [0.2, 0.25) is 4.34 Å². The van der Waals surface area contributed by atoms with Crippen molar-refractivity contribution in [3.63, 3.8) is 0 Å². The van der Waals surface area contributed by atoms with E-state index in [0.717, 1.165) is 10.3 Å². The van der Waals surface area contributed by atoms with Crippen LogP contribution in [0.4, 0.5) is 0 Å². The predicted octanol–water partition coefficient (Wildman–Crippen LogP) is 3.91. The number of nitrogens with two attached hydrogens (primary N) is 1. The Hall–Kier alpha value is -0.0900. The molecule has 1 aliphatic rings. The monoisotopic (exact) mass is 286 g/mol. The lowest BCUT2D eigenvalue weighted by molar-refractivity contribution is 0.101. The molecular formula is C14H23ClN2S. The fraction of sp³-hybridized carbons (Fsp3) is 0.714. The number of hydrogen-bond donors (Lipinski definition) is 1. The molecule has 1 heterocycles. The number of rotatable bonds is 4. The number of hydrogen-bond acceptors (Lipinski definition) is 3. The highest BCUT2D eigenvalue weighted by Gasteiger charge is 2.29. The Morgan fingerprint density at radius 2 is 2.17 bits per heavy atom. The fourth-order valence-electron chi connectivity index (χ4n) is 3.12. The lowest BCUT2D eigenvalue weighted by atomic mass is 9.84. The number of likely N-dealkylation sites (N-methyl/N-ethyl adjacent to an activating group) is 1. The van der Waals surface area contributed by atoms with Crippen molar-refractivity contribution in [2.45, 2.75) is 44.7 Å². The Bertz CT molecular complexity index is 380. The van der Waals surface area contributed by atoms with Gasteiger partial charge in [0.05, 0.1) is 10.4 Å². The normalized spacial score (nSPS) is 26.5. The van der Waals surface area contributed by atoms with E-state index in [0.29, 0.717) is 18.6 Å². The van der Waals surface area contributed by atoms with Crippen LogP contribution in [-0.4, -0.2) is 24.5 Å². The summed E-state index contributed by atoms with van der Waals surface area (Å²) in [6, 6.07) is 5.07.